The SMILES string of the molecule is CC.CC(=O)Oc1ccc2nc3c(cc2c1)Cn1c-3cc(C(C)O)c(COC=O)c1=O. The largest absolute Gasteiger partial charge is 0.463 e. The Bertz CT molecular complexity index is 1210. The maximum atomic E-state index is 13.0. The summed E-state index contributed by atoms with van der Waals surface area (Å²) in [6.07, 6.45) is -0.908. The highest BCUT2D eigenvalue weighted by atomic mass is 16.5. The van der Waals surface area contributed by atoms with Crippen LogP contribution >= 0.6 is 0 Å². The summed E-state index contributed by atoms with van der Waals surface area (Å²) in [5.41, 5.74) is 3.09. The summed E-state index contributed by atoms with van der Waals surface area (Å²) in [5.74, 6) is 0.0114. The fourth-order valence-corrected chi connectivity index (χ4v) is 3.64. The Morgan fingerprint density at radius 2 is 2.03 bits per heavy atom. The molecule has 1 aromatic carbocycles. The number of hydrogen-bond acceptors (Lipinski definition) is 7. The normalized spacial score (nSPS) is 12.3. The van der Waals surface area contributed by atoms with Crippen molar-refractivity contribution in [3.8, 4) is 17.1 Å². The van der Waals surface area contributed by atoms with Gasteiger partial charge in [-0.15, -0.1) is 0 Å². The molecule has 0 amide bonds. The van der Waals surface area contributed by atoms with Crippen LogP contribution in [0.4, 0.5) is 0 Å². The summed E-state index contributed by atoms with van der Waals surface area (Å²) in [6.45, 7) is 7.25. The molecule has 3 aromatic rings. The smallest absolute Gasteiger partial charge is 0.308 e. The zero-order valence-electron chi connectivity index (χ0n) is 17.8. The molecule has 0 saturated heterocycles. The first-order valence-electron chi connectivity index (χ1n) is 10.0. The van der Waals surface area contributed by atoms with Gasteiger partial charge in [-0.25, -0.2) is 4.98 Å². The number of nitrogens with zero attached hydrogens (tertiary/aromatic N) is 2. The molecule has 0 radical (unpaired) electrons. The van der Waals surface area contributed by atoms with Crippen molar-refractivity contribution in [3.05, 3.63) is 57.4 Å². The van der Waals surface area contributed by atoms with Crippen molar-refractivity contribution in [1.29, 1.82) is 0 Å². The Hall–Kier alpha value is -3.52. The molecule has 1 unspecified atom stereocenters. The van der Waals surface area contributed by atoms with E-state index >= 15 is 0 Å². The number of carbonyl (C=O) groups excluding carboxylic acids is 2. The molecule has 0 saturated carbocycles. The zero-order chi connectivity index (χ0) is 22.7. The molecule has 1 aliphatic heterocycles. The van der Waals surface area contributed by atoms with Crippen molar-refractivity contribution in [1.82, 2.24) is 9.55 Å². The van der Waals surface area contributed by atoms with E-state index in [9.17, 15) is 19.5 Å². The Kier molecular flexibility index (Phi) is 6.50. The van der Waals surface area contributed by atoms with Gasteiger partial charge in [-0.1, -0.05) is 13.8 Å². The molecule has 8 heteroatoms. The minimum Gasteiger partial charge on any atom is -0.463 e. The summed E-state index contributed by atoms with van der Waals surface area (Å²) >= 11 is 0. The fraction of sp³-hybridized carbons (Fsp3) is 0.304. The second-order valence-electron chi connectivity index (χ2n) is 6.88. The van der Waals surface area contributed by atoms with Crippen molar-refractivity contribution < 1.29 is 24.2 Å². The average molecular weight is 424 g/mol. The van der Waals surface area contributed by atoms with Crippen molar-refractivity contribution in [2.24, 2.45) is 0 Å². The Morgan fingerprint density at radius 3 is 2.68 bits per heavy atom. The molecule has 0 aliphatic carbocycles. The minimum absolute atomic E-state index is 0.208. The van der Waals surface area contributed by atoms with E-state index in [-0.39, 0.29) is 24.2 Å². The van der Waals surface area contributed by atoms with Crippen molar-refractivity contribution >= 4 is 23.3 Å². The van der Waals surface area contributed by atoms with Gasteiger partial charge in [-0.3, -0.25) is 14.4 Å². The van der Waals surface area contributed by atoms with Crippen LogP contribution < -0.4 is 10.3 Å². The molecular weight excluding hydrogens is 400 g/mol. The number of ether oxygens (including phenoxy) is 2. The Morgan fingerprint density at radius 1 is 1.29 bits per heavy atom. The number of fused-ring (bicyclic) bond motifs is 4. The summed E-state index contributed by atoms with van der Waals surface area (Å²) < 4.78 is 11.5. The molecule has 1 aliphatic rings. The van der Waals surface area contributed by atoms with Gasteiger partial charge in [0.1, 0.15) is 12.4 Å². The third-order valence-corrected chi connectivity index (χ3v) is 4.88. The van der Waals surface area contributed by atoms with E-state index in [2.05, 4.69) is 4.98 Å². The number of aliphatic hydroxyl groups is 1. The van der Waals surface area contributed by atoms with Gasteiger partial charge >= 0.3 is 5.97 Å². The standard InChI is InChI=1S/C21H18N2O6.C2H6/c1-11(25)16-7-19-20-14(8-23(19)21(27)17(16)9-28-10-24)5-13-6-15(29-12(2)26)3-4-18(13)22-20;1-2/h3-7,10-11,25H,8-9H2,1-2H3;1-2H3. The van der Waals surface area contributed by atoms with E-state index in [1.807, 2.05) is 19.9 Å². The van der Waals surface area contributed by atoms with Gasteiger partial charge in [0.05, 0.1) is 35.1 Å². The van der Waals surface area contributed by atoms with Gasteiger partial charge in [0.15, 0.2) is 0 Å². The average Bonchev–Trinajstić information content (AvgIpc) is 3.10. The van der Waals surface area contributed by atoms with E-state index < -0.39 is 12.1 Å². The molecule has 4 rings (SSSR count). The van der Waals surface area contributed by atoms with Crippen LogP contribution in [0.15, 0.2) is 35.1 Å². The maximum Gasteiger partial charge on any atom is 0.308 e. The minimum atomic E-state index is -0.908. The predicted molar refractivity (Wildman–Crippen MR) is 115 cm³/mol. The van der Waals surface area contributed by atoms with Crippen LogP contribution in [0.1, 0.15) is 50.5 Å². The topological polar surface area (TPSA) is 108 Å². The molecule has 8 nitrogen and oxygen atoms in total. The molecule has 2 aromatic heterocycles. The number of aliphatic hydroxyl groups excluding tert-OH is 1. The number of benzene rings is 1. The van der Waals surface area contributed by atoms with Gasteiger partial charge in [-0.05, 0) is 42.8 Å². The van der Waals surface area contributed by atoms with Gasteiger partial charge in [0, 0.05) is 17.9 Å². The fourth-order valence-electron chi connectivity index (χ4n) is 3.64. The van der Waals surface area contributed by atoms with Crippen LogP contribution in [0.2, 0.25) is 0 Å². The van der Waals surface area contributed by atoms with Gasteiger partial charge in [0.25, 0.3) is 12.0 Å². The molecule has 0 bridgehead atoms. The van der Waals surface area contributed by atoms with Crippen LogP contribution in [0, 0.1) is 0 Å². The van der Waals surface area contributed by atoms with E-state index in [1.54, 1.807) is 35.8 Å². The van der Waals surface area contributed by atoms with Crippen molar-refractivity contribution in [2.75, 3.05) is 0 Å². The Labute approximate surface area is 179 Å². The molecule has 1 atom stereocenters. The number of hydrogen-bond donors (Lipinski definition) is 1. The van der Waals surface area contributed by atoms with E-state index in [0.717, 1.165) is 10.9 Å². The third-order valence-electron chi connectivity index (χ3n) is 4.88. The first-order chi connectivity index (χ1) is 14.9. The molecular formula is C23H24N2O6. The summed E-state index contributed by atoms with van der Waals surface area (Å²) in [6, 6.07) is 8.75. The number of aromatic nitrogens is 2. The highest BCUT2D eigenvalue weighted by Crippen LogP contribution is 2.34. The van der Waals surface area contributed by atoms with Crippen LogP contribution in [-0.4, -0.2) is 27.1 Å². The summed E-state index contributed by atoms with van der Waals surface area (Å²) in [4.78, 5) is 39.4. The summed E-state index contributed by atoms with van der Waals surface area (Å²) in [7, 11) is 0. The quantitative estimate of drug-likeness (QED) is 0.298. The van der Waals surface area contributed by atoms with E-state index in [1.165, 1.54) is 6.92 Å². The van der Waals surface area contributed by atoms with Gasteiger partial charge in [0.2, 0.25) is 0 Å². The molecule has 3 heterocycles. The second-order valence-corrected chi connectivity index (χ2v) is 6.88. The highest BCUT2D eigenvalue weighted by Gasteiger charge is 2.26. The lowest BCUT2D eigenvalue weighted by atomic mass is 10.0. The lowest BCUT2D eigenvalue weighted by molar-refractivity contribution is -0.132. The lowest BCUT2D eigenvalue weighted by Gasteiger charge is -2.14. The van der Waals surface area contributed by atoms with Crippen LogP contribution in [0.5, 0.6) is 5.75 Å². The van der Waals surface area contributed by atoms with Crippen LogP contribution in [0.25, 0.3) is 22.3 Å². The van der Waals surface area contributed by atoms with Gasteiger partial charge < -0.3 is 19.1 Å². The molecule has 1 N–H and O–H groups in total. The van der Waals surface area contributed by atoms with Crippen LogP contribution in [0.3, 0.4) is 0 Å². The molecule has 162 valence electrons. The first-order valence-corrected chi connectivity index (χ1v) is 10.0. The third kappa shape index (κ3) is 4.20. The van der Waals surface area contributed by atoms with Crippen LogP contribution in [-0.2, 0) is 27.5 Å². The molecule has 31 heavy (non-hydrogen) atoms. The molecule has 0 fully saturated rings. The second kappa shape index (κ2) is 9.09. The predicted octanol–water partition coefficient (Wildman–Crippen LogP) is 3.10. The first kappa shape index (κ1) is 22.2. The number of carbonyl (C=O) groups is 2. The zero-order valence-corrected chi connectivity index (χ0v) is 17.8. The number of rotatable bonds is 5. The Balaban J connectivity index is 0.00000132. The van der Waals surface area contributed by atoms with Gasteiger partial charge in [-0.2, -0.15) is 0 Å². The van der Waals surface area contributed by atoms with Crippen molar-refractivity contribution in [2.45, 2.75) is 47.0 Å². The van der Waals surface area contributed by atoms with E-state index in [0.29, 0.717) is 34.8 Å². The number of pyridine rings is 2. The molecule has 0 spiro atoms. The highest BCUT2D eigenvalue weighted by molar-refractivity contribution is 5.85. The van der Waals surface area contributed by atoms with Crippen molar-refractivity contribution in [3.63, 3.8) is 0 Å². The number of esters is 1. The lowest BCUT2D eigenvalue weighted by Crippen LogP contribution is -2.26. The van der Waals surface area contributed by atoms with E-state index in [4.69, 9.17) is 9.47 Å². The maximum absolute atomic E-state index is 13.0. The monoisotopic (exact) mass is 424 g/mol. The summed E-state index contributed by atoms with van der Waals surface area (Å²) in [5, 5.41) is 10.9.